The summed E-state index contributed by atoms with van der Waals surface area (Å²) in [4.78, 5) is 12.0. The SMILES string of the molecule is [2H]c1c(CC([2H])([2H])N(C([2H])([2H])[2H])C([2H])([2H])[2H])c2cc(C[C@H]3COC(=O)N3[2H])ccc2n1[2H]. The first-order valence-corrected chi connectivity index (χ1v) is 6.41. The van der Waals surface area contributed by atoms with Crippen LogP contribution in [0.1, 0.15) is 23.5 Å². The molecule has 3 rings (SSSR count). The first kappa shape index (κ1) is 6.01. The molecule has 5 heteroatoms. The number of nitrogens with zero attached hydrogens (tertiary/aromatic N) is 1. The van der Waals surface area contributed by atoms with Crippen molar-refractivity contribution in [3.05, 3.63) is 35.5 Å². The Balaban J connectivity index is 2.02. The van der Waals surface area contributed by atoms with Crippen molar-refractivity contribution in [1.29, 1.82) is 0 Å². The molecule has 0 aliphatic carbocycles. The largest absolute Gasteiger partial charge is 0.447 e. The van der Waals surface area contributed by atoms with E-state index in [0.29, 0.717) is 10.9 Å². The van der Waals surface area contributed by atoms with Gasteiger partial charge in [0.1, 0.15) is 6.61 Å². The fourth-order valence-corrected chi connectivity index (χ4v) is 2.30. The van der Waals surface area contributed by atoms with E-state index in [1.807, 2.05) is 0 Å². The maximum Gasteiger partial charge on any atom is 0.407 e. The van der Waals surface area contributed by atoms with Crippen LogP contribution in [0.4, 0.5) is 4.79 Å². The number of fused-ring (bicyclic) bond motifs is 1. The minimum atomic E-state index is -3.27. The van der Waals surface area contributed by atoms with Crippen LogP contribution in [0.2, 0.25) is 2.82 Å². The number of likely N-dealkylation sites (N-methyl/N-ethyl adjacent to an activating group) is 1. The van der Waals surface area contributed by atoms with E-state index in [1.165, 1.54) is 6.07 Å². The average molecular weight is 298 g/mol. The molecule has 1 aliphatic heterocycles. The first-order chi connectivity index (χ1) is 14.5. The Kier molecular flexibility index (Phi) is 1.65. The number of hydrogen-bond acceptors (Lipinski definition) is 3. The molecule has 1 amide bonds. The summed E-state index contributed by atoms with van der Waals surface area (Å²) >= 11 is 0. The summed E-state index contributed by atoms with van der Waals surface area (Å²) in [6.07, 6.45) is -1.71. The Morgan fingerprint density at radius 3 is 3.29 bits per heavy atom. The van der Waals surface area contributed by atoms with Crippen LogP contribution >= 0.6 is 0 Å². The van der Waals surface area contributed by atoms with E-state index < -0.39 is 45.2 Å². The van der Waals surface area contributed by atoms with Gasteiger partial charge < -0.3 is 19.9 Å². The highest BCUT2D eigenvalue weighted by molar-refractivity contribution is 5.84. The molecule has 1 aliphatic rings. The molecule has 0 bridgehead atoms. The van der Waals surface area contributed by atoms with Crippen molar-refractivity contribution < 1.29 is 24.7 Å². The number of carbonyl (C=O) groups is 1. The van der Waals surface area contributed by atoms with Gasteiger partial charge in [-0.25, -0.2) is 4.79 Å². The summed E-state index contributed by atoms with van der Waals surface area (Å²) in [5.74, 6) is 0. The molecule has 1 saturated heterocycles. The number of carbonyl (C=O) groups excluding carboxylic acids is 1. The highest BCUT2D eigenvalue weighted by Gasteiger charge is 2.22. The molecule has 0 spiro atoms. The van der Waals surface area contributed by atoms with Gasteiger partial charge in [0.15, 0.2) is 2.82 Å². The van der Waals surface area contributed by atoms with Crippen molar-refractivity contribution in [1.82, 2.24) is 15.2 Å². The third kappa shape index (κ3) is 3.19. The van der Waals surface area contributed by atoms with Gasteiger partial charge in [-0.2, -0.15) is 0 Å². The quantitative estimate of drug-likeness (QED) is 0.887. The molecule has 2 aromatic rings. The van der Waals surface area contributed by atoms with E-state index in [1.54, 1.807) is 12.1 Å². The molecular weight excluding hydrogens is 266 g/mol. The van der Waals surface area contributed by atoms with E-state index in [0.717, 1.165) is 4.98 Å². The van der Waals surface area contributed by atoms with Gasteiger partial charge in [0.2, 0.25) is 0 Å². The zero-order valence-corrected chi connectivity index (χ0v) is 11.1. The van der Waals surface area contributed by atoms with E-state index in [4.69, 9.17) is 19.9 Å². The number of amides is 1. The Morgan fingerprint density at radius 2 is 2.52 bits per heavy atom. The van der Waals surface area contributed by atoms with Crippen molar-refractivity contribution >= 4 is 17.0 Å². The average Bonchev–Trinajstić information content (AvgIpc) is 3.04. The van der Waals surface area contributed by atoms with Crippen LogP contribution in [-0.4, -0.2) is 49.1 Å². The number of ether oxygens (including phenoxy) is 1. The van der Waals surface area contributed by atoms with Crippen molar-refractivity contribution in [2.75, 3.05) is 27.1 Å². The molecule has 1 aromatic carbocycles. The lowest BCUT2D eigenvalue weighted by molar-refractivity contribution is 0.177. The topological polar surface area (TPSA) is 57.4 Å². The Bertz CT molecular complexity index is 1020. The molecule has 112 valence electrons. The Hall–Kier alpha value is -2.01. The number of nitrogens with one attached hydrogen (secondary N) is 2. The van der Waals surface area contributed by atoms with Crippen LogP contribution in [0.25, 0.3) is 10.9 Å². The molecule has 1 aromatic heterocycles. The Morgan fingerprint density at radius 1 is 1.62 bits per heavy atom. The summed E-state index contributed by atoms with van der Waals surface area (Å²) < 4.78 is 90.2. The minimum Gasteiger partial charge on any atom is -0.447 e. The monoisotopic (exact) mass is 298 g/mol. The maximum absolute atomic E-state index is 11.4. The molecule has 2 heterocycles. The number of aromatic nitrogens is 1. The lowest BCUT2D eigenvalue weighted by Crippen LogP contribution is -2.28. The number of aromatic amines is 1. The number of H-pyrrole nitrogens is 1. The van der Waals surface area contributed by atoms with Gasteiger partial charge >= 0.3 is 6.09 Å². The fourth-order valence-electron chi connectivity index (χ4n) is 2.30. The van der Waals surface area contributed by atoms with Crippen molar-refractivity contribution in [3.8, 4) is 0 Å². The summed E-state index contributed by atoms with van der Waals surface area (Å²) in [7, 11) is 0. The van der Waals surface area contributed by atoms with Crippen molar-refractivity contribution in [2.45, 2.75) is 18.9 Å². The van der Waals surface area contributed by atoms with Gasteiger partial charge in [-0.05, 0) is 50.1 Å². The number of alkyl carbamates (subject to hydrolysis) is 1. The zero-order chi connectivity index (χ0) is 24.2. The van der Waals surface area contributed by atoms with Crippen molar-refractivity contribution in [3.63, 3.8) is 0 Å². The number of cyclic esters (lactones) is 1. The third-order valence-corrected chi connectivity index (χ3v) is 3.27. The lowest BCUT2D eigenvalue weighted by Gasteiger charge is -2.09. The number of aryl methyl sites for hydroxylation is 1. The van der Waals surface area contributed by atoms with Gasteiger partial charge in [0.05, 0.1) is 7.41 Å². The smallest absolute Gasteiger partial charge is 0.407 e. The van der Waals surface area contributed by atoms with E-state index in [-0.39, 0.29) is 34.4 Å². The molecule has 0 unspecified atom stereocenters. The summed E-state index contributed by atoms with van der Waals surface area (Å²) in [5, 5.41) is 0.990. The summed E-state index contributed by atoms with van der Waals surface area (Å²) in [6.45, 7) is -9.41. The van der Waals surface area contributed by atoms with Crippen LogP contribution < -0.4 is 5.31 Å². The van der Waals surface area contributed by atoms with Crippen LogP contribution in [0.5, 0.6) is 0 Å². The number of rotatable bonds is 5. The van der Waals surface area contributed by atoms with Gasteiger partial charge in [0, 0.05) is 34.5 Å². The summed E-state index contributed by atoms with van der Waals surface area (Å²) in [6, 6.07) is 4.17. The molecule has 0 saturated carbocycles. The van der Waals surface area contributed by atoms with Gasteiger partial charge in [-0.1, -0.05) is 6.07 Å². The predicted octanol–water partition coefficient (Wildman–Crippen LogP) is 1.92. The molecule has 5 nitrogen and oxygen atoms in total. The Labute approximate surface area is 139 Å². The summed E-state index contributed by atoms with van der Waals surface area (Å²) in [5.41, 5.74) is 0.844. The lowest BCUT2D eigenvalue weighted by atomic mass is 10.0. The second kappa shape index (κ2) is 5.77. The van der Waals surface area contributed by atoms with Crippen LogP contribution in [0.15, 0.2) is 24.4 Å². The fraction of sp³-hybridized carbons (Fsp3) is 0.438. The molecule has 0 radical (unpaired) electrons. The van der Waals surface area contributed by atoms with Gasteiger partial charge in [-0.15, -0.1) is 0 Å². The zero-order valence-electron chi connectivity index (χ0n) is 22.1. The van der Waals surface area contributed by atoms with Gasteiger partial charge in [0.25, 0.3) is 0 Å². The number of hydrogen-bond donors (Lipinski definition) is 2. The standard InChI is InChI=1S/C16H21N3O2/c1-19(2)6-5-12-9-17-15-4-3-11(8-14(12)15)7-13-10-21-16(20)18-13/h3-4,8-9,13,17H,5-7,10H2,1-2H3,(H,18,20)/t13-/m0/s1/i1D3,2D3,6D2,9D/hD2. The van der Waals surface area contributed by atoms with E-state index in [2.05, 4.69) is 0 Å². The molecule has 1 fully saturated rings. The third-order valence-electron chi connectivity index (χ3n) is 3.27. The minimum absolute atomic E-state index is 0.0189. The first-order valence-electron chi connectivity index (χ1n) is 11.8. The second-order valence-corrected chi connectivity index (χ2v) is 4.79. The van der Waals surface area contributed by atoms with Crippen molar-refractivity contribution in [2.24, 2.45) is 0 Å². The normalized spacial score (nSPS) is 28.2. The molecule has 21 heavy (non-hydrogen) atoms. The van der Waals surface area contributed by atoms with Crippen LogP contribution in [0.3, 0.4) is 0 Å². The van der Waals surface area contributed by atoms with Crippen LogP contribution in [0, 0.1) is 0 Å². The molecular formula is C16H21N3O2. The van der Waals surface area contributed by atoms with E-state index >= 15 is 0 Å². The number of benzene rings is 1. The highest BCUT2D eigenvalue weighted by atomic mass is 16.6. The van der Waals surface area contributed by atoms with Gasteiger partial charge in [-0.3, -0.25) is 0 Å². The van der Waals surface area contributed by atoms with E-state index in [9.17, 15) is 4.79 Å². The molecule has 1 atom stereocenters. The highest BCUT2D eigenvalue weighted by Crippen LogP contribution is 2.21. The molecule has 2 N–H and O–H groups in total. The van der Waals surface area contributed by atoms with Crippen LogP contribution in [-0.2, 0) is 17.6 Å². The predicted molar refractivity (Wildman–Crippen MR) is 82.5 cm³/mol. The second-order valence-electron chi connectivity index (χ2n) is 4.79. The maximum atomic E-state index is 11.4.